The van der Waals surface area contributed by atoms with E-state index in [1.54, 1.807) is 6.07 Å². The van der Waals surface area contributed by atoms with Crippen molar-refractivity contribution in [2.45, 2.75) is 52.6 Å². The lowest BCUT2D eigenvalue weighted by molar-refractivity contribution is -0.137. The van der Waals surface area contributed by atoms with Crippen molar-refractivity contribution in [3.8, 4) is 0 Å². The number of amides is 1. The first-order chi connectivity index (χ1) is 17.3. The van der Waals surface area contributed by atoms with Gasteiger partial charge in [-0.1, -0.05) is 51.1 Å². The Bertz CT molecular complexity index is 1270. The molecule has 1 aliphatic rings. The Morgan fingerprint density at radius 3 is 2.14 bits per heavy atom. The summed E-state index contributed by atoms with van der Waals surface area (Å²) in [7, 11) is 0. The van der Waals surface area contributed by atoms with Gasteiger partial charge in [0.1, 0.15) is 11.6 Å². The first kappa shape index (κ1) is 26.6. The van der Waals surface area contributed by atoms with Crippen LogP contribution in [0.4, 0.5) is 19.0 Å². The number of benzene rings is 2. The van der Waals surface area contributed by atoms with Gasteiger partial charge in [0.15, 0.2) is 0 Å². The molecule has 0 atom stereocenters. The van der Waals surface area contributed by atoms with Crippen LogP contribution in [0.15, 0.2) is 48.5 Å². The molecule has 37 heavy (non-hydrogen) atoms. The molecule has 2 aromatic carbocycles. The summed E-state index contributed by atoms with van der Waals surface area (Å²) in [6.07, 6.45) is -4.10. The largest absolute Gasteiger partial charge is 0.416 e. The minimum absolute atomic E-state index is 0.000605. The van der Waals surface area contributed by atoms with Crippen LogP contribution in [0.3, 0.4) is 0 Å². The number of aryl methyl sites for hydroxylation is 2. The van der Waals surface area contributed by atoms with E-state index >= 15 is 0 Å². The van der Waals surface area contributed by atoms with Crippen LogP contribution in [-0.2, 0) is 18.0 Å². The maximum atomic E-state index is 13.2. The van der Waals surface area contributed by atoms with E-state index < -0.39 is 11.7 Å². The number of aromatic nitrogens is 2. The predicted molar refractivity (Wildman–Crippen MR) is 139 cm³/mol. The Balaban J connectivity index is 1.51. The molecular weight excluding hydrogens is 477 g/mol. The van der Waals surface area contributed by atoms with Gasteiger partial charge in [-0.15, -0.1) is 0 Å². The topological polar surface area (TPSA) is 49.3 Å². The molecule has 1 aromatic heterocycles. The van der Waals surface area contributed by atoms with E-state index in [-0.39, 0.29) is 11.3 Å². The number of anilines is 1. The number of hydrogen-bond acceptors (Lipinski definition) is 4. The number of hydrogen-bond donors (Lipinski definition) is 0. The van der Waals surface area contributed by atoms with E-state index in [4.69, 9.17) is 0 Å². The summed E-state index contributed by atoms with van der Waals surface area (Å²) < 4.78 is 39.7. The number of nitrogens with zero attached hydrogens (tertiary/aromatic N) is 4. The second-order valence-corrected chi connectivity index (χ2v) is 10.6. The Kier molecular flexibility index (Phi) is 7.31. The predicted octanol–water partition coefficient (Wildman–Crippen LogP) is 5.96. The molecule has 0 radical (unpaired) electrons. The van der Waals surface area contributed by atoms with E-state index in [0.29, 0.717) is 49.6 Å². The summed E-state index contributed by atoms with van der Waals surface area (Å²) in [6.45, 7) is 12.3. The second kappa shape index (κ2) is 10.1. The minimum Gasteiger partial charge on any atom is -0.353 e. The van der Waals surface area contributed by atoms with Gasteiger partial charge in [-0.3, -0.25) is 4.79 Å². The molecule has 1 aliphatic heterocycles. The van der Waals surface area contributed by atoms with Crippen molar-refractivity contribution in [2.24, 2.45) is 0 Å². The fourth-order valence-corrected chi connectivity index (χ4v) is 4.66. The van der Waals surface area contributed by atoms with Crippen molar-refractivity contribution >= 4 is 11.7 Å². The highest BCUT2D eigenvalue weighted by molar-refractivity contribution is 5.94. The molecule has 0 saturated carbocycles. The lowest BCUT2D eigenvalue weighted by atomic mass is 9.86. The molecular formula is C29H33F3N4O. The Hall–Kier alpha value is -3.42. The van der Waals surface area contributed by atoms with Gasteiger partial charge in [-0.25, -0.2) is 9.97 Å². The average molecular weight is 511 g/mol. The first-order valence-electron chi connectivity index (χ1n) is 12.5. The fraction of sp³-hybridized carbons (Fsp3) is 0.414. The Morgan fingerprint density at radius 2 is 1.54 bits per heavy atom. The van der Waals surface area contributed by atoms with Crippen LogP contribution in [0.2, 0.25) is 0 Å². The smallest absolute Gasteiger partial charge is 0.353 e. The number of piperazine rings is 1. The van der Waals surface area contributed by atoms with Gasteiger partial charge < -0.3 is 9.80 Å². The molecule has 196 valence electrons. The van der Waals surface area contributed by atoms with Crippen molar-refractivity contribution in [2.75, 3.05) is 31.1 Å². The lowest BCUT2D eigenvalue weighted by Gasteiger charge is -2.36. The first-order valence-corrected chi connectivity index (χ1v) is 12.5. The van der Waals surface area contributed by atoms with Crippen molar-refractivity contribution < 1.29 is 18.0 Å². The average Bonchev–Trinajstić information content (AvgIpc) is 2.84. The molecule has 4 rings (SSSR count). The zero-order valence-corrected chi connectivity index (χ0v) is 22.0. The molecule has 1 fully saturated rings. The van der Waals surface area contributed by atoms with E-state index in [9.17, 15) is 18.0 Å². The third-order valence-corrected chi connectivity index (χ3v) is 6.80. The third-order valence-electron chi connectivity index (χ3n) is 6.80. The number of carbonyl (C=O) groups is 1. The van der Waals surface area contributed by atoms with E-state index in [1.165, 1.54) is 17.7 Å². The van der Waals surface area contributed by atoms with Crippen LogP contribution in [0.25, 0.3) is 0 Å². The number of alkyl halides is 3. The van der Waals surface area contributed by atoms with Gasteiger partial charge in [-0.05, 0) is 48.6 Å². The molecule has 5 nitrogen and oxygen atoms in total. The third kappa shape index (κ3) is 6.12. The van der Waals surface area contributed by atoms with Crippen LogP contribution in [0, 0.1) is 13.8 Å². The summed E-state index contributed by atoms with van der Waals surface area (Å²) in [5.41, 5.74) is 3.31. The van der Waals surface area contributed by atoms with Gasteiger partial charge in [0.2, 0.25) is 0 Å². The number of rotatable bonds is 4. The summed E-state index contributed by atoms with van der Waals surface area (Å²) in [5, 5.41) is 0. The normalized spacial score (nSPS) is 14.7. The minimum atomic E-state index is -4.40. The SMILES string of the molecule is Cc1nc(C)c(Cc2cccc(C(F)(F)F)c2)c(N2CCN(C(=O)c3ccc(C(C)(C)C)cc3)CC2)n1. The quantitative estimate of drug-likeness (QED) is 0.434. The van der Waals surface area contributed by atoms with Crippen LogP contribution < -0.4 is 4.90 Å². The summed E-state index contributed by atoms with van der Waals surface area (Å²) in [6, 6.07) is 13.2. The van der Waals surface area contributed by atoms with E-state index in [2.05, 4.69) is 35.6 Å². The molecule has 0 spiro atoms. The highest BCUT2D eigenvalue weighted by atomic mass is 19.4. The van der Waals surface area contributed by atoms with Gasteiger partial charge in [0, 0.05) is 49.4 Å². The lowest BCUT2D eigenvalue weighted by Crippen LogP contribution is -2.49. The number of halogens is 3. The van der Waals surface area contributed by atoms with Crippen molar-refractivity contribution in [3.05, 3.63) is 87.9 Å². The van der Waals surface area contributed by atoms with Crippen molar-refractivity contribution in [3.63, 3.8) is 0 Å². The van der Waals surface area contributed by atoms with Gasteiger partial charge >= 0.3 is 6.18 Å². The Morgan fingerprint density at radius 1 is 0.892 bits per heavy atom. The highest BCUT2D eigenvalue weighted by Crippen LogP contribution is 2.31. The van der Waals surface area contributed by atoms with Crippen LogP contribution >= 0.6 is 0 Å². The molecule has 0 bridgehead atoms. The summed E-state index contributed by atoms with van der Waals surface area (Å²) in [4.78, 5) is 26.2. The Labute approximate surface area is 216 Å². The second-order valence-electron chi connectivity index (χ2n) is 10.6. The maximum Gasteiger partial charge on any atom is 0.416 e. The van der Waals surface area contributed by atoms with E-state index in [0.717, 1.165) is 23.1 Å². The highest BCUT2D eigenvalue weighted by Gasteiger charge is 2.31. The molecule has 8 heteroatoms. The number of carbonyl (C=O) groups excluding carboxylic acids is 1. The van der Waals surface area contributed by atoms with Crippen LogP contribution in [0.5, 0.6) is 0 Å². The van der Waals surface area contributed by atoms with Crippen molar-refractivity contribution in [1.82, 2.24) is 14.9 Å². The van der Waals surface area contributed by atoms with Gasteiger partial charge in [0.25, 0.3) is 5.91 Å². The zero-order chi connectivity index (χ0) is 27.0. The summed E-state index contributed by atoms with van der Waals surface area (Å²) in [5.74, 6) is 1.33. The molecule has 1 amide bonds. The maximum absolute atomic E-state index is 13.2. The molecule has 0 aliphatic carbocycles. The van der Waals surface area contributed by atoms with Gasteiger partial charge in [-0.2, -0.15) is 13.2 Å². The molecule has 3 aromatic rings. The zero-order valence-electron chi connectivity index (χ0n) is 22.0. The van der Waals surface area contributed by atoms with Crippen LogP contribution in [-0.4, -0.2) is 47.0 Å². The standard InChI is InChI=1S/C29H33F3N4O/c1-19-25(18-21-7-6-8-24(17-21)29(30,31)32)26(34-20(2)33-19)35-13-15-36(16-14-35)27(37)22-9-11-23(12-10-22)28(3,4)5/h6-12,17H,13-16,18H2,1-5H3. The molecule has 2 heterocycles. The fourth-order valence-electron chi connectivity index (χ4n) is 4.66. The van der Waals surface area contributed by atoms with Crippen LogP contribution in [0.1, 0.15) is 64.9 Å². The molecule has 1 saturated heterocycles. The van der Waals surface area contributed by atoms with Crippen molar-refractivity contribution in [1.29, 1.82) is 0 Å². The van der Waals surface area contributed by atoms with E-state index in [1.807, 2.05) is 43.0 Å². The molecule has 0 unspecified atom stereocenters. The molecule has 0 N–H and O–H groups in total. The van der Waals surface area contributed by atoms with Gasteiger partial charge in [0.05, 0.1) is 5.56 Å². The summed E-state index contributed by atoms with van der Waals surface area (Å²) >= 11 is 0. The monoisotopic (exact) mass is 510 g/mol.